The first-order chi connectivity index (χ1) is 15.8. The van der Waals surface area contributed by atoms with Gasteiger partial charge in [0.1, 0.15) is 18.3 Å². The van der Waals surface area contributed by atoms with Crippen molar-refractivity contribution in [1.29, 1.82) is 0 Å². The van der Waals surface area contributed by atoms with Crippen LogP contribution in [0.4, 0.5) is 0 Å². The van der Waals surface area contributed by atoms with Crippen molar-refractivity contribution in [3.8, 4) is 0 Å². The van der Waals surface area contributed by atoms with Crippen molar-refractivity contribution in [2.75, 3.05) is 13.1 Å². The summed E-state index contributed by atoms with van der Waals surface area (Å²) < 4.78 is 18.9. The Kier molecular flexibility index (Phi) is 8.04. The molecule has 1 heterocycles. The Morgan fingerprint density at radius 1 is 0.625 bits per heavy atom. The van der Waals surface area contributed by atoms with Crippen molar-refractivity contribution in [2.24, 2.45) is 0 Å². The van der Waals surface area contributed by atoms with Gasteiger partial charge in [-0.1, -0.05) is 91.0 Å². The molecule has 0 saturated carbocycles. The number of ether oxygens (including phenoxy) is 3. The molecule has 3 aromatic rings. The lowest BCUT2D eigenvalue weighted by Crippen LogP contribution is -2.57. The van der Waals surface area contributed by atoms with Crippen LogP contribution < -0.4 is 0 Å². The maximum Gasteiger partial charge on any atom is 0.209 e. The molecule has 5 heteroatoms. The zero-order chi connectivity index (χ0) is 22.0. The third-order valence-electron chi connectivity index (χ3n) is 5.61. The van der Waals surface area contributed by atoms with E-state index in [0.29, 0.717) is 32.9 Å². The molecule has 1 aliphatic heterocycles. The lowest BCUT2D eigenvalue weighted by molar-refractivity contribution is -0.184. The van der Waals surface area contributed by atoms with E-state index in [2.05, 4.69) is 0 Å². The first-order valence-corrected chi connectivity index (χ1v) is 11.0. The Bertz CT molecular complexity index is 882. The van der Waals surface area contributed by atoms with Gasteiger partial charge in [-0.15, -0.1) is 0 Å². The van der Waals surface area contributed by atoms with E-state index in [4.69, 9.17) is 14.2 Å². The average molecular weight is 432 g/mol. The lowest BCUT2D eigenvalue weighted by atomic mass is 10.0. The van der Waals surface area contributed by atoms with E-state index in [1.165, 1.54) is 0 Å². The predicted molar refractivity (Wildman–Crippen MR) is 123 cm³/mol. The van der Waals surface area contributed by atoms with E-state index < -0.39 is 0 Å². The second-order valence-electron chi connectivity index (χ2n) is 7.99. The van der Waals surface area contributed by atoms with Gasteiger partial charge in [-0.05, 0) is 16.7 Å². The number of piperidine rings is 1. The minimum absolute atomic E-state index is 0.293. The lowest BCUT2D eigenvalue weighted by Gasteiger charge is -2.41. The van der Waals surface area contributed by atoms with E-state index in [0.717, 1.165) is 23.1 Å². The van der Waals surface area contributed by atoms with Crippen LogP contribution in [-0.2, 0) is 38.8 Å². The summed E-state index contributed by atoms with van der Waals surface area (Å²) >= 11 is 0. The number of hydrogen-bond donors (Lipinski definition) is 0. The normalized spacial score (nSPS) is 20.8. The molecule has 0 aromatic heterocycles. The van der Waals surface area contributed by atoms with Gasteiger partial charge in [-0.25, -0.2) is 0 Å². The summed E-state index contributed by atoms with van der Waals surface area (Å²) in [5.74, 6) is 0. The van der Waals surface area contributed by atoms with Crippen LogP contribution in [0, 0.1) is 0 Å². The highest BCUT2D eigenvalue weighted by Crippen LogP contribution is 2.23. The highest BCUT2D eigenvalue weighted by atomic mass is 16.6. The largest absolute Gasteiger partial charge is 0.369 e. The van der Waals surface area contributed by atoms with Crippen molar-refractivity contribution in [3.63, 3.8) is 0 Å². The number of hydrogen-bond acceptors (Lipinski definition) is 4. The summed E-state index contributed by atoms with van der Waals surface area (Å²) in [5.41, 5.74) is 3.26. The molecule has 1 aliphatic rings. The van der Waals surface area contributed by atoms with Crippen molar-refractivity contribution < 1.29 is 19.0 Å². The van der Waals surface area contributed by atoms with Crippen LogP contribution in [0.2, 0.25) is 0 Å². The monoisotopic (exact) mass is 431 g/mol. The predicted octanol–water partition coefficient (Wildman–Crippen LogP) is 4.21. The fourth-order valence-corrected chi connectivity index (χ4v) is 3.90. The van der Waals surface area contributed by atoms with Crippen molar-refractivity contribution in [2.45, 2.75) is 38.1 Å². The molecule has 3 aromatic carbocycles. The van der Waals surface area contributed by atoms with Crippen molar-refractivity contribution >= 4 is 6.41 Å². The molecule has 0 N–H and O–H groups in total. The summed E-state index contributed by atoms with van der Waals surface area (Å²) in [4.78, 5) is 13.4. The Morgan fingerprint density at radius 3 is 1.38 bits per heavy atom. The van der Waals surface area contributed by atoms with Crippen molar-refractivity contribution in [1.82, 2.24) is 4.90 Å². The van der Waals surface area contributed by atoms with E-state index >= 15 is 0 Å². The van der Waals surface area contributed by atoms with Gasteiger partial charge in [0, 0.05) is 13.1 Å². The number of carbonyl (C=O) groups is 1. The summed E-state index contributed by atoms with van der Waals surface area (Å²) in [7, 11) is 0. The zero-order valence-corrected chi connectivity index (χ0v) is 18.1. The molecule has 1 fully saturated rings. The molecule has 4 rings (SSSR count). The molecule has 0 radical (unpaired) electrons. The number of carbonyl (C=O) groups excluding carboxylic acids is 1. The van der Waals surface area contributed by atoms with Gasteiger partial charge in [0.25, 0.3) is 0 Å². The van der Waals surface area contributed by atoms with Crippen LogP contribution in [0.1, 0.15) is 16.7 Å². The minimum atomic E-state index is -0.293. The molecule has 1 saturated heterocycles. The quantitative estimate of drug-likeness (QED) is 0.451. The van der Waals surface area contributed by atoms with Crippen LogP contribution in [-0.4, -0.2) is 42.7 Å². The Hall–Kier alpha value is -2.99. The number of likely N-dealkylation sites (tertiary alicyclic amines) is 1. The van der Waals surface area contributed by atoms with Gasteiger partial charge in [0.2, 0.25) is 6.41 Å². The molecule has 0 bridgehead atoms. The highest BCUT2D eigenvalue weighted by molar-refractivity contribution is 5.47. The maximum absolute atomic E-state index is 11.7. The molecule has 166 valence electrons. The van der Waals surface area contributed by atoms with E-state index in [-0.39, 0.29) is 18.3 Å². The minimum Gasteiger partial charge on any atom is -0.369 e. The summed E-state index contributed by atoms with van der Waals surface area (Å²) in [6.07, 6.45) is -0.0124. The fourth-order valence-electron chi connectivity index (χ4n) is 3.90. The van der Waals surface area contributed by atoms with E-state index in [1.54, 1.807) is 4.90 Å². The molecule has 0 spiro atoms. The van der Waals surface area contributed by atoms with Gasteiger partial charge in [-0.2, -0.15) is 0 Å². The first-order valence-electron chi connectivity index (χ1n) is 11.0. The van der Waals surface area contributed by atoms with Crippen LogP contribution in [0.25, 0.3) is 0 Å². The van der Waals surface area contributed by atoms with Gasteiger partial charge < -0.3 is 19.1 Å². The topological polar surface area (TPSA) is 48.0 Å². The summed E-state index contributed by atoms with van der Waals surface area (Å²) in [6.45, 7) is 2.31. The smallest absolute Gasteiger partial charge is 0.209 e. The number of amides is 1. The Morgan fingerprint density at radius 2 is 1.00 bits per heavy atom. The van der Waals surface area contributed by atoms with Gasteiger partial charge in [0.15, 0.2) is 0 Å². The molecule has 32 heavy (non-hydrogen) atoms. The molecule has 2 unspecified atom stereocenters. The number of rotatable bonds is 10. The van der Waals surface area contributed by atoms with Gasteiger partial charge in [0.05, 0.1) is 19.8 Å². The van der Waals surface area contributed by atoms with E-state index in [9.17, 15) is 4.79 Å². The molecule has 5 nitrogen and oxygen atoms in total. The molecule has 2 atom stereocenters. The number of benzene rings is 3. The SMILES string of the molecule is O=CN1CC(OCc2ccccc2)C(OCc2ccccc2)C(OCc2ccccc2)C1. The average Bonchev–Trinajstić information content (AvgIpc) is 2.87. The summed E-state index contributed by atoms with van der Waals surface area (Å²) in [5, 5.41) is 0. The first kappa shape index (κ1) is 22.2. The standard InChI is InChI=1S/C27H29NO4/c29-21-28-16-25(30-18-22-10-4-1-5-11-22)27(32-20-24-14-8-3-9-15-24)26(17-28)31-19-23-12-6-2-7-13-23/h1-15,21,25-27H,16-20H2. The zero-order valence-electron chi connectivity index (χ0n) is 18.1. The third kappa shape index (κ3) is 6.26. The second-order valence-corrected chi connectivity index (χ2v) is 7.99. The van der Waals surface area contributed by atoms with Gasteiger partial charge >= 0.3 is 0 Å². The second kappa shape index (κ2) is 11.6. The molecule has 0 aliphatic carbocycles. The van der Waals surface area contributed by atoms with Crippen LogP contribution >= 0.6 is 0 Å². The van der Waals surface area contributed by atoms with Crippen molar-refractivity contribution in [3.05, 3.63) is 108 Å². The number of nitrogens with zero attached hydrogens (tertiary/aromatic N) is 1. The molecular formula is C27H29NO4. The Labute approximate surface area is 189 Å². The third-order valence-corrected chi connectivity index (χ3v) is 5.61. The molecular weight excluding hydrogens is 402 g/mol. The van der Waals surface area contributed by atoms with Gasteiger partial charge in [-0.3, -0.25) is 4.79 Å². The maximum atomic E-state index is 11.7. The van der Waals surface area contributed by atoms with E-state index in [1.807, 2.05) is 91.0 Å². The van der Waals surface area contributed by atoms with Crippen LogP contribution in [0.3, 0.4) is 0 Å². The fraction of sp³-hybridized carbons (Fsp3) is 0.296. The van der Waals surface area contributed by atoms with Crippen LogP contribution in [0.5, 0.6) is 0 Å². The van der Waals surface area contributed by atoms with Crippen LogP contribution in [0.15, 0.2) is 91.0 Å². The highest BCUT2D eigenvalue weighted by Gasteiger charge is 2.39. The Balaban J connectivity index is 1.48. The molecule has 1 amide bonds. The summed E-state index contributed by atoms with van der Waals surface area (Å²) in [6, 6.07) is 30.1.